The zero-order chi connectivity index (χ0) is 14.6. The Morgan fingerprint density at radius 3 is 2.70 bits per heavy atom. The molecule has 1 aliphatic heterocycles. The number of benzene rings is 1. The highest BCUT2D eigenvalue weighted by molar-refractivity contribution is 5.95. The van der Waals surface area contributed by atoms with Crippen LogP contribution >= 0.6 is 0 Å². The molecule has 3 nitrogen and oxygen atoms in total. The van der Waals surface area contributed by atoms with Crippen LogP contribution in [-0.2, 0) is 4.79 Å². The molecule has 0 radical (unpaired) electrons. The zero-order valence-corrected chi connectivity index (χ0v) is 12.3. The summed E-state index contributed by atoms with van der Waals surface area (Å²) in [5.74, 6) is -0.248. The number of hydrogen-bond acceptors (Lipinski definition) is 2. The van der Waals surface area contributed by atoms with Gasteiger partial charge >= 0.3 is 0 Å². The van der Waals surface area contributed by atoms with E-state index >= 15 is 0 Å². The molecule has 1 fully saturated rings. The van der Waals surface area contributed by atoms with Gasteiger partial charge in [0.05, 0.1) is 5.41 Å². The Balaban J connectivity index is 2.13. The Morgan fingerprint density at radius 1 is 1.40 bits per heavy atom. The molecule has 1 heterocycles. The van der Waals surface area contributed by atoms with Crippen molar-refractivity contribution in [1.82, 2.24) is 5.32 Å². The van der Waals surface area contributed by atoms with E-state index in [0.29, 0.717) is 11.3 Å². The number of hydrogen-bond donors (Lipinski definition) is 2. The lowest BCUT2D eigenvalue weighted by Crippen LogP contribution is -2.44. The van der Waals surface area contributed by atoms with Gasteiger partial charge in [-0.05, 0) is 57.0 Å². The minimum atomic E-state index is -0.304. The van der Waals surface area contributed by atoms with Crippen LogP contribution in [0.5, 0.6) is 0 Å². The third kappa shape index (κ3) is 3.18. The predicted octanol–water partition coefficient (Wildman–Crippen LogP) is 3.24. The molecule has 0 atom stereocenters. The Labute approximate surface area is 120 Å². The molecule has 0 aliphatic carbocycles. The monoisotopic (exact) mass is 278 g/mol. The number of halogens is 1. The summed E-state index contributed by atoms with van der Waals surface area (Å²) in [6.45, 7) is 5.56. The van der Waals surface area contributed by atoms with Gasteiger partial charge in [-0.1, -0.05) is 19.4 Å². The molecule has 110 valence electrons. The second-order valence-electron chi connectivity index (χ2n) is 5.70. The second kappa shape index (κ2) is 6.35. The van der Waals surface area contributed by atoms with E-state index in [-0.39, 0.29) is 17.1 Å². The molecule has 2 N–H and O–H groups in total. The maximum atomic E-state index is 13.6. The van der Waals surface area contributed by atoms with Crippen LogP contribution in [-0.4, -0.2) is 19.0 Å². The molecular formula is C16H23FN2O. The molecule has 0 spiro atoms. The van der Waals surface area contributed by atoms with Crippen molar-refractivity contribution in [3.63, 3.8) is 0 Å². The molecule has 0 bridgehead atoms. The van der Waals surface area contributed by atoms with Gasteiger partial charge in [-0.3, -0.25) is 4.79 Å². The molecule has 1 aromatic carbocycles. The number of rotatable bonds is 4. The molecule has 0 unspecified atom stereocenters. The van der Waals surface area contributed by atoms with Gasteiger partial charge in [-0.2, -0.15) is 0 Å². The lowest BCUT2D eigenvalue weighted by atomic mass is 9.74. The van der Waals surface area contributed by atoms with Crippen molar-refractivity contribution < 1.29 is 9.18 Å². The van der Waals surface area contributed by atoms with Gasteiger partial charge in [-0.25, -0.2) is 4.39 Å². The summed E-state index contributed by atoms with van der Waals surface area (Å²) in [6, 6.07) is 4.85. The van der Waals surface area contributed by atoms with Gasteiger partial charge in [0.15, 0.2) is 0 Å². The number of nitrogens with one attached hydrogen (secondary N) is 2. The Bertz CT molecular complexity index is 476. The van der Waals surface area contributed by atoms with Gasteiger partial charge in [0.2, 0.25) is 5.91 Å². The zero-order valence-electron chi connectivity index (χ0n) is 12.3. The van der Waals surface area contributed by atoms with Crippen LogP contribution in [0, 0.1) is 18.2 Å². The molecule has 1 aliphatic rings. The first-order valence-electron chi connectivity index (χ1n) is 7.36. The lowest BCUT2D eigenvalue weighted by molar-refractivity contribution is -0.127. The van der Waals surface area contributed by atoms with Gasteiger partial charge in [0.1, 0.15) is 5.82 Å². The third-order valence-electron chi connectivity index (χ3n) is 4.20. The first-order chi connectivity index (χ1) is 9.57. The predicted molar refractivity (Wildman–Crippen MR) is 79.2 cm³/mol. The number of anilines is 1. The van der Waals surface area contributed by atoms with Crippen LogP contribution in [0.25, 0.3) is 0 Å². The van der Waals surface area contributed by atoms with Gasteiger partial charge in [-0.15, -0.1) is 0 Å². The first kappa shape index (κ1) is 15.0. The molecule has 1 saturated heterocycles. The van der Waals surface area contributed by atoms with Crippen molar-refractivity contribution >= 4 is 11.6 Å². The van der Waals surface area contributed by atoms with E-state index in [4.69, 9.17) is 0 Å². The van der Waals surface area contributed by atoms with Crippen LogP contribution < -0.4 is 10.6 Å². The summed E-state index contributed by atoms with van der Waals surface area (Å²) in [5, 5.41) is 6.19. The van der Waals surface area contributed by atoms with Crippen LogP contribution in [0.4, 0.5) is 10.1 Å². The summed E-state index contributed by atoms with van der Waals surface area (Å²) < 4.78 is 13.6. The normalized spacial score (nSPS) is 17.8. The van der Waals surface area contributed by atoms with Gasteiger partial charge in [0, 0.05) is 5.69 Å². The Kier molecular flexibility index (Phi) is 4.76. The van der Waals surface area contributed by atoms with Crippen LogP contribution in [0.1, 0.15) is 38.2 Å². The van der Waals surface area contributed by atoms with Gasteiger partial charge in [0.25, 0.3) is 0 Å². The lowest BCUT2D eigenvalue weighted by Gasteiger charge is -2.36. The quantitative estimate of drug-likeness (QED) is 0.887. The summed E-state index contributed by atoms with van der Waals surface area (Å²) in [6.07, 6.45) is 3.56. The topological polar surface area (TPSA) is 41.1 Å². The van der Waals surface area contributed by atoms with E-state index in [9.17, 15) is 9.18 Å². The van der Waals surface area contributed by atoms with E-state index in [0.717, 1.165) is 38.8 Å². The van der Waals surface area contributed by atoms with E-state index in [1.807, 2.05) is 0 Å². The van der Waals surface area contributed by atoms with Crippen molar-refractivity contribution in [3.8, 4) is 0 Å². The minimum Gasteiger partial charge on any atom is -0.326 e. The van der Waals surface area contributed by atoms with Crippen LogP contribution in [0.2, 0.25) is 0 Å². The maximum Gasteiger partial charge on any atom is 0.230 e. The average Bonchev–Trinajstić information content (AvgIpc) is 2.44. The fraction of sp³-hybridized carbons (Fsp3) is 0.562. The summed E-state index contributed by atoms with van der Waals surface area (Å²) >= 11 is 0. The first-order valence-corrected chi connectivity index (χ1v) is 7.36. The standard InChI is InChI=1S/C16H23FN2O/c1-3-6-16(7-9-18-10-8-16)15(20)19-13-5-4-12(2)14(17)11-13/h4-5,11,18H,3,6-10H2,1-2H3,(H,19,20). The summed E-state index contributed by atoms with van der Waals surface area (Å²) in [5.41, 5.74) is 0.835. The number of amides is 1. The van der Waals surface area contributed by atoms with Crippen molar-refractivity contribution in [3.05, 3.63) is 29.6 Å². The van der Waals surface area contributed by atoms with Crippen LogP contribution in [0.15, 0.2) is 18.2 Å². The molecule has 0 saturated carbocycles. The van der Waals surface area contributed by atoms with Crippen molar-refractivity contribution in [2.75, 3.05) is 18.4 Å². The molecule has 1 amide bonds. The minimum absolute atomic E-state index is 0.0316. The van der Waals surface area contributed by atoms with Crippen molar-refractivity contribution in [2.45, 2.75) is 39.5 Å². The second-order valence-corrected chi connectivity index (χ2v) is 5.70. The fourth-order valence-electron chi connectivity index (χ4n) is 2.91. The summed E-state index contributed by atoms with van der Waals surface area (Å²) in [4.78, 5) is 12.6. The molecular weight excluding hydrogens is 255 g/mol. The highest BCUT2D eigenvalue weighted by Gasteiger charge is 2.38. The van der Waals surface area contributed by atoms with E-state index in [1.54, 1.807) is 19.1 Å². The third-order valence-corrected chi connectivity index (χ3v) is 4.20. The number of aryl methyl sites for hydroxylation is 1. The number of carbonyl (C=O) groups is 1. The molecule has 20 heavy (non-hydrogen) atoms. The highest BCUT2D eigenvalue weighted by atomic mass is 19.1. The Hall–Kier alpha value is -1.42. The van der Waals surface area contributed by atoms with E-state index < -0.39 is 0 Å². The van der Waals surface area contributed by atoms with Crippen LogP contribution in [0.3, 0.4) is 0 Å². The molecule has 0 aromatic heterocycles. The largest absolute Gasteiger partial charge is 0.326 e. The number of piperidine rings is 1. The van der Waals surface area contributed by atoms with Crippen molar-refractivity contribution in [1.29, 1.82) is 0 Å². The van der Waals surface area contributed by atoms with E-state index in [2.05, 4.69) is 17.6 Å². The molecule has 1 aromatic rings. The Morgan fingerprint density at radius 2 is 2.10 bits per heavy atom. The average molecular weight is 278 g/mol. The van der Waals surface area contributed by atoms with E-state index in [1.165, 1.54) is 6.07 Å². The summed E-state index contributed by atoms with van der Waals surface area (Å²) in [7, 11) is 0. The molecule has 4 heteroatoms. The van der Waals surface area contributed by atoms with Crippen molar-refractivity contribution in [2.24, 2.45) is 5.41 Å². The smallest absolute Gasteiger partial charge is 0.230 e. The van der Waals surface area contributed by atoms with Gasteiger partial charge < -0.3 is 10.6 Å². The fourth-order valence-corrected chi connectivity index (χ4v) is 2.91. The number of carbonyl (C=O) groups excluding carboxylic acids is 1. The maximum absolute atomic E-state index is 13.6. The SMILES string of the molecule is CCCC1(C(=O)Nc2ccc(C)c(F)c2)CCNCC1. The highest BCUT2D eigenvalue weighted by Crippen LogP contribution is 2.35. The molecule has 2 rings (SSSR count).